The van der Waals surface area contributed by atoms with Gasteiger partial charge in [0, 0.05) is 18.1 Å². The van der Waals surface area contributed by atoms with E-state index in [4.69, 9.17) is 16.3 Å². The van der Waals surface area contributed by atoms with Gasteiger partial charge in [-0.3, -0.25) is 9.59 Å². The van der Waals surface area contributed by atoms with Crippen molar-refractivity contribution >= 4 is 29.1 Å². The highest BCUT2D eigenvalue weighted by Crippen LogP contribution is 2.27. The summed E-state index contributed by atoms with van der Waals surface area (Å²) in [6.45, 7) is 7.01. The molecule has 0 radical (unpaired) electrons. The second-order valence-corrected chi connectivity index (χ2v) is 8.25. The Hall–Kier alpha value is -2.53. The molecule has 5 nitrogen and oxygen atoms in total. The number of rotatable bonds is 5. The first kappa shape index (κ1) is 22.2. The number of ether oxygens (including phenoxy) is 1. The summed E-state index contributed by atoms with van der Waals surface area (Å²) >= 11 is 6.21. The summed E-state index contributed by atoms with van der Waals surface area (Å²) in [5.41, 5.74) is 2.81. The van der Waals surface area contributed by atoms with Crippen LogP contribution in [0.2, 0.25) is 5.02 Å². The number of amides is 2. The number of hydrogen-bond donors (Lipinski definition) is 1. The molecule has 0 aromatic heterocycles. The van der Waals surface area contributed by atoms with Crippen molar-refractivity contribution < 1.29 is 14.3 Å². The predicted octanol–water partition coefficient (Wildman–Crippen LogP) is 5.38. The van der Waals surface area contributed by atoms with Crippen LogP contribution in [0.25, 0.3) is 0 Å². The van der Waals surface area contributed by atoms with E-state index in [1.54, 1.807) is 19.1 Å². The first-order chi connectivity index (χ1) is 14.4. The van der Waals surface area contributed by atoms with E-state index in [9.17, 15) is 9.59 Å². The second-order valence-electron chi connectivity index (χ2n) is 7.87. The lowest BCUT2D eigenvalue weighted by Gasteiger charge is -2.22. The molecule has 3 rings (SSSR count). The molecule has 0 saturated carbocycles. The molecule has 1 fully saturated rings. The molecule has 160 valence electrons. The first-order valence-corrected chi connectivity index (χ1v) is 10.9. The van der Waals surface area contributed by atoms with Gasteiger partial charge >= 0.3 is 0 Å². The van der Waals surface area contributed by atoms with Crippen molar-refractivity contribution in [2.75, 3.05) is 18.4 Å². The average Bonchev–Trinajstić information content (AvgIpc) is 3.01. The molecular formula is C24H29ClN2O3. The van der Waals surface area contributed by atoms with E-state index < -0.39 is 6.10 Å². The van der Waals surface area contributed by atoms with Crippen molar-refractivity contribution in [3.05, 3.63) is 58.1 Å². The lowest BCUT2D eigenvalue weighted by Crippen LogP contribution is -2.34. The van der Waals surface area contributed by atoms with Crippen LogP contribution in [-0.4, -0.2) is 35.9 Å². The number of carbonyl (C=O) groups is 2. The van der Waals surface area contributed by atoms with Crippen LogP contribution in [0, 0.1) is 13.8 Å². The number of likely N-dealkylation sites (tertiary alicyclic amines) is 1. The second kappa shape index (κ2) is 9.98. The minimum Gasteiger partial charge on any atom is -0.481 e. The Balaban J connectivity index is 1.71. The zero-order valence-corrected chi connectivity index (χ0v) is 18.6. The third kappa shape index (κ3) is 5.33. The van der Waals surface area contributed by atoms with Crippen molar-refractivity contribution in [3.63, 3.8) is 0 Å². The van der Waals surface area contributed by atoms with Crippen LogP contribution < -0.4 is 10.1 Å². The molecule has 1 atom stereocenters. The van der Waals surface area contributed by atoms with Crippen LogP contribution in [0.5, 0.6) is 5.75 Å². The van der Waals surface area contributed by atoms with Gasteiger partial charge in [0.25, 0.3) is 11.8 Å². The minimum atomic E-state index is -0.730. The number of carbonyl (C=O) groups excluding carboxylic acids is 2. The maximum atomic E-state index is 13.1. The molecule has 1 heterocycles. The third-order valence-corrected chi connectivity index (χ3v) is 6.00. The van der Waals surface area contributed by atoms with Gasteiger partial charge in [-0.15, -0.1) is 0 Å². The van der Waals surface area contributed by atoms with Gasteiger partial charge in [0.05, 0.1) is 11.3 Å². The number of nitrogens with zero attached hydrogens (tertiary/aromatic N) is 1. The molecular weight excluding hydrogens is 400 g/mol. The monoisotopic (exact) mass is 428 g/mol. The van der Waals surface area contributed by atoms with Crippen LogP contribution >= 0.6 is 11.6 Å². The Labute approximate surface area is 183 Å². The van der Waals surface area contributed by atoms with Crippen molar-refractivity contribution in [2.45, 2.75) is 52.6 Å². The standard InChI is InChI=1S/C24H29ClN2O3/c1-16-14-19(15-17(2)22(16)25)30-18(3)23(28)26-21-11-7-6-10-20(21)24(29)27-12-8-4-5-9-13-27/h6-7,10-11,14-15,18H,4-5,8-9,12-13H2,1-3H3,(H,26,28). The summed E-state index contributed by atoms with van der Waals surface area (Å²) in [7, 11) is 0. The molecule has 6 heteroatoms. The Morgan fingerprint density at radius 3 is 2.27 bits per heavy atom. The molecule has 2 aromatic rings. The molecule has 30 heavy (non-hydrogen) atoms. The fraction of sp³-hybridized carbons (Fsp3) is 0.417. The van der Waals surface area contributed by atoms with Gasteiger partial charge in [-0.05, 0) is 69.0 Å². The van der Waals surface area contributed by atoms with E-state index in [0.717, 1.165) is 49.9 Å². The number of aryl methyl sites for hydroxylation is 2. The van der Waals surface area contributed by atoms with E-state index in [2.05, 4.69) is 5.32 Å². The topological polar surface area (TPSA) is 58.6 Å². The number of benzene rings is 2. The highest BCUT2D eigenvalue weighted by Gasteiger charge is 2.22. The van der Waals surface area contributed by atoms with Gasteiger partial charge in [0.15, 0.2) is 6.10 Å². The van der Waals surface area contributed by atoms with Gasteiger partial charge in [-0.1, -0.05) is 36.6 Å². The zero-order chi connectivity index (χ0) is 21.7. The van der Waals surface area contributed by atoms with Gasteiger partial charge in [-0.25, -0.2) is 0 Å². The van der Waals surface area contributed by atoms with E-state index in [0.29, 0.717) is 22.0 Å². The Bertz CT molecular complexity index is 897. The largest absolute Gasteiger partial charge is 0.481 e. The van der Waals surface area contributed by atoms with E-state index in [1.807, 2.05) is 43.0 Å². The van der Waals surface area contributed by atoms with Crippen molar-refractivity contribution in [2.24, 2.45) is 0 Å². The summed E-state index contributed by atoms with van der Waals surface area (Å²) < 4.78 is 5.83. The summed E-state index contributed by atoms with van der Waals surface area (Å²) in [6.07, 6.45) is 3.61. The van der Waals surface area contributed by atoms with Gasteiger partial charge < -0.3 is 15.0 Å². The lowest BCUT2D eigenvalue weighted by atomic mass is 10.1. The van der Waals surface area contributed by atoms with Crippen LogP contribution in [0.1, 0.15) is 54.1 Å². The van der Waals surface area contributed by atoms with E-state index >= 15 is 0 Å². The molecule has 1 aliphatic heterocycles. The van der Waals surface area contributed by atoms with Crippen molar-refractivity contribution in [3.8, 4) is 5.75 Å². The maximum Gasteiger partial charge on any atom is 0.265 e. The Morgan fingerprint density at radius 1 is 1.03 bits per heavy atom. The molecule has 0 spiro atoms. The van der Waals surface area contributed by atoms with Crippen LogP contribution in [0.4, 0.5) is 5.69 Å². The molecule has 1 saturated heterocycles. The molecule has 0 bridgehead atoms. The maximum absolute atomic E-state index is 13.1. The Kier molecular flexibility index (Phi) is 7.38. The van der Waals surface area contributed by atoms with Crippen LogP contribution in [0.3, 0.4) is 0 Å². The highest BCUT2D eigenvalue weighted by molar-refractivity contribution is 6.32. The van der Waals surface area contributed by atoms with Crippen LogP contribution in [0.15, 0.2) is 36.4 Å². The smallest absolute Gasteiger partial charge is 0.265 e. The number of anilines is 1. The Morgan fingerprint density at radius 2 is 1.63 bits per heavy atom. The number of para-hydroxylation sites is 1. The molecule has 2 amide bonds. The molecule has 1 N–H and O–H groups in total. The van der Waals surface area contributed by atoms with Gasteiger partial charge in [-0.2, -0.15) is 0 Å². The van der Waals surface area contributed by atoms with E-state index in [-0.39, 0.29) is 11.8 Å². The SMILES string of the molecule is Cc1cc(OC(C)C(=O)Nc2ccccc2C(=O)N2CCCCCC2)cc(C)c1Cl. The minimum absolute atomic E-state index is 0.0367. The fourth-order valence-electron chi connectivity index (χ4n) is 3.69. The zero-order valence-electron chi connectivity index (χ0n) is 17.8. The quantitative estimate of drug-likeness (QED) is 0.695. The van der Waals surface area contributed by atoms with Crippen molar-refractivity contribution in [1.29, 1.82) is 0 Å². The van der Waals surface area contributed by atoms with Gasteiger partial charge in [0.2, 0.25) is 0 Å². The third-order valence-electron chi connectivity index (χ3n) is 5.40. The summed E-state index contributed by atoms with van der Waals surface area (Å²) in [4.78, 5) is 27.7. The average molecular weight is 429 g/mol. The van der Waals surface area contributed by atoms with E-state index in [1.165, 1.54) is 0 Å². The number of hydrogen-bond acceptors (Lipinski definition) is 3. The van der Waals surface area contributed by atoms with Crippen molar-refractivity contribution in [1.82, 2.24) is 4.90 Å². The molecule has 1 unspecified atom stereocenters. The molecule has 1 aliphatic rings. The fourth-order valence-corrected chi connectivity index (χ4v) is 3.80. The molecule has 2 aromatic carbocycles. The molecule has 0 aliphatic carbocycles. The van der Waals surface area contributed by atoms with Crippen LogP contribution in [-0.2, 0) is 4.79 Å². The predicted molar refractivity (Wildman–Crippen MR) is 120 cm³/mol. The summed E-state index contributed by atoms with van der Waals surface area (Å²) in [5, 5.41) is 3.56. The first-order valence-electron chi connectivity index (χ1n) is 10.5. The summed E-state index contributed by atoms with van der Waals surface area (Å²) in [6, 6.07) is 10.8. The number of nitrogens with one attached hydrogen (secondary N) is 1. The lowest BCUT2D eigenvalue weighted by molar-refractivity contribution is -0.122. The summed E-state index contributed by atoms with van der Waals surface area (Å²) in [5.74, 6) is 0.243. The number of halogens is 1. The normalized spacial score (nSPS) is 15.3. The highest BCUT2D eigenvalue weighted by atomic mass is 35.5. The van der Waals surface area contributed by atoms with Gasteiger partial charge in [0.1, 0.15) is 5.75 Å².